The van der Waals surface area contributed by atoms with E-state index in [2.05, 4.69) is 68.1 Å². The number of methoxy groups -OCH3 is 1. The van der Waals surface area contributed by atoms with Gasteiger partial charge in [-0.1, -0.05) is 39.0 Å². The Bertz CT molecular complexity index is 1290. The van der Waals surface area contributed by atoms with Crippen LogP contribution in [0.15, 0.2) is 55.1 Å². The van der Waals surface area contributed by atoms with Gasteiger partial charge in [0.05, 0.1) is 38.0 Å². The highest BCUT2D eigenvalue weighted by atomic mass is 127. The van der Waals surface area contributed by atoms with Crippen LogP contribution in [0, 0.1) is 15.4 Å². The largest absolute Gasteiger partial charge is 0.497 e. The van der Waals surface area contributed by atoms with Crippen molar-refractivity contribution < 1.29 is 24.2 Å². The Balaban J connectivity index is 1.61. The predicted octanol–water partition coefficient (Wildman–Crippen LogP) is 5.03. The molecule has 214 valence electrons. The standard InChI is InChI=1S/C32H39IN2O5/c1-6-15-35-26-14-11-22(33)17-25(26)32(30(35)38)20(2)29(31(3,4)21-9-12-24(39-5)13-10-21)27(40-32)18-28(37)34-16-7-8-23(34)19-36/h6,9-14,17,20,23,27,29,36H,1,7-8,15-16,18-19H2,2-5H3/t20-,23-,27+,29-,32+/m0/s1. The van der Waals surface area contributed by atoms with Crippen LogP contribution in [-0.2, 0) is 25.3 Å². The second-order valence-electron chi connectivity index (χ2n) is 11.8. The summed E-state index contributed by atoms with van der Waals surface area (Å²) in [6.45, 7) is 11.3. The third-order valence-electron chi connectivity index (χ3n) is 9.39. The van der Waals surface area contributed by atoms with Crippen molar-refractivity contribution in [2.24, 2.45) is 11.8 Å². The highest BCUT2D eigenvalue weighted by molar-refractivity contribution is 14.1. The van der Waals surface area contributed by atoms with Crippen LogP contribution in [0.25, 0.3) is 0 Å². The smallest absolute Gasteiger partial charge is 0.264 e. The zero-order valence-corrected chi connectivity index (χ0v) is 25.9. The molecule has 7 nitrogen and oxygen atoms in total. The molecule has 5 rings (SSSR count). The Morgan fingerprint density at radius 2 is 2.00 bits per heavy atom. The van der Waals surface area contributed by atoms with Crippen molar-refractivity contribution in [1.29, 1.82) is 0 Å². The Morgan fingerprint density at radius 1 is 1.27 bits per heavy atom. The molecule has 1 spiro atoms. The summed E-state index contributed by atoms with van der Waals surface area (Å²) in [6.07, 6.45) is 3.07. The molecule has 3 heterocycles. The van der Waals surface area contributed by atoms with Crippen LogP contribution in [-0.4, -0.2) is 60.8 Å². The number of carbonyl (C=O) groups excluding carboxylic acids is 2. The average Bonchev–Trinajstić information content (AvgIpc) is 3.60. The van der Waals surface area contributed by atoms with Crippen molar-refractivity contribution in [3.05, 3.63) is 69.8 Å². The third kappa shape index (κ3) is 4.56. The number of carbonyl (C=O) groups is 2. The fraction of sp³-hybridized carbons (Fsp3) is 0.500. The van der Waals surface area contributed by atoms with Gasteiger partial charge in [0.15, 0.2) is 5.60 Å². The summed E-state index contributed by atoms with van der Waals surface area (Å²) in [7, 11) is 1.65. The molecule has 0 unspecified atom stereocenters. The van der Waals surface area contributed by atoms with Gasteiger partial charge in [0.2, 0.25) is 5.91 Å². The molecule has 0 saturated carbocycles. The second kappa shape index (κ2) is 11.1. The fourth-order valence-corrected chi connectivity index (χ4v) is 7.93. The average molecular weight is 659 g/mol. The number of rotatable bonds is 8. The van der Waals surface area contributed by atoms with Crippen LogP contribution in [0.1, 0.15) is 51.2 Å². The highest BCUT2D eigenvalue weighted by Gasteiger charge is 2.66. The number of anilines is 1. The third-order valence-corrected chi connectivity index (χ3v) is 10.1. The topological polar surface area (TPSA) is 79.3 Å². The maximum Gasteiger partial charge on any atom is 0.264 e. The molecule has 1 N–H and O–H groups in total. The zero-order valence-electron chi connectivity index (χ0n) is 23.7. The maximum absolute atomic E-state index is 14.4. The van der Waals surface area contributed by atoms with E-state index in [4.69, 9.17) is 9.47 Å². The molecule has 2 saturated heterocycles. The van der Waals surface area contributed by atoms with Crippen LogP contribution in [0.4, 0.5) is 5.69 Å². The maximum atomic E-state index is 14.4. The summed E-state index contributed by atoms with van der Waals surface area (Å²) >= 11 is 2.28. The van der Waals surface area contributed by atoms with Gasteiger partial charge in [-0.2, -0.15) is 0 Å². The first-order valence-electron chi connectivity index (χ1n) is 14.1. The van der Waals surface area contributed by atoms with E-state index in [1.54, 1.807) is 23.0 Å². The normalized spacial score (nSPS) is 27.9. The number of halogens is 1. The number of amides is 2. The minimum absolute atomic E-state index is 0.0300. The molecule has 8 heteroatoms. The van der Waals surface area contributed by atoms with Crippen molar-refractivity contribution in [1.82, 2.24) is 4.90 Å². The lowest BCUT2D eigenvalue weighted by Gasteiger charge is -2.39. The van der Waals surface area contributed by atoms with Crippen LogP contribution >= 0.6 is 22.6 Å². The number of aliphatic hydroxyl groups excluding tert-OH is 1. The summed E-state index contributed by atoms with van der Waals surface area (Å²) in [5.41, 5.74) is 1.15. The number of hydrogen-bond acceptors (Lipinski definition) is 5. The van der Waals surface area contributed by atoms with Gasteiger partial charge in [0.25, 0.3) is 5.91 Å². The molecule has 0 aromatic heterocycles. The van der Waals surface area contributed by atoms with E-state index < -0.39 is 17.1 Å². The van der Waals surface area contributed by atoms with Gasteiger partial charge >= 0.3 is 0 Å². The Morgan fingerprint density at radius 3 is 2.65 bits per heavy atom. The molecule has 0 bridgehead atoms. The van der Waals surface area contributed by atoms with Gasteiger partial charge in [-0.3, -0.25) is 9.59 Å². The number of likely N-dealkylation sites (tertiary alicyclic amines) is 1. The van der Waals surface area contributed by atoms with Gasteiger partial charge < -0.3 is 24.4 Å². The van der Waals surface area contributed by atoms with Crippen LogP contribution < -0.4 is 9.64 Å². The van der Waals surface area contributed by atoms with E-state index in [0.717, 1.165) is 39.0 Å². The van der Waals surface area contributed by atoms with E-state index in [9.17, 15) is 14.7 Å². The lowest BCUT2D eigenvalue weighted by atomic mass is 9.63. The van der Waals surface area contributed by atoms with Crippen LogP contribution in [0.2, 0.25) is 0 Å². The summed E-state index contributed by atoms with van der Waals surface area (Å²) in [5, 5.41) is 9.88. The molecule has 2 fully saturated rings. The van der Waals surface area contributed by atoms with E-state index in [1.807, 2.05) is 24.3 Å². The molecule has 40 heavy (non-hydrogen) atoms. The Hall–Kier alpha value is -2.43. The zero-order chi connectivity index (χ0) is 28.8. The van der Waals surface area contributed by atoms with Crippen molar-refractivity contribution in [2.75, 3.05) is 31.7 Å². The number of ether oxygens (including phenoxy) is 2. The number of nitrogens with zero attached hydrogens (tertiary/aromatic N) is 2. The van der Waals surface area contributed by atoms with Gasteiger partial charge in [0.1, 0.15) is 5.75 Å². The summed E-state index contributed by atoms with van der Waals surface area (Å²) in [6, 6.07) is 13.9. The first-order chi connectivity index (χ1) is 19.1. The van der Waals surface area contributed by atoms with Crippen LogP contribution in [0.5, 0.6) is 5.75 Å². The predicted molar refractivity (Wildman–Crippen MR) is 163 cm³/mol. The molecule has 2 amide bonds. The molecular formula is C32H39IN2O5. The molecule has 3 aliphatic rings. The van der Waals surface area contributed by atoms with Crippen molar-refractivity contribution in [3.63, 3.8) is 0 Å². The number of hydrogen-bond donors (Lipinski definition) is 1. The minimum atomic E-state index is -1.21. The number of aliphatic hydroxyl groups is 1. The molecule has 3 aliphatic heterocycles. The Labute approximate surface area is 250 Å². The van der Waals surface area contributed by atoms with E-state index in [1.165, 1.54) is 0 Å². The van der Waals surface area contributed by atoms with Crippen molar-refractivity contribution in [3.8, 4) is 5.75 Å². The quantitative estimate of drug-likeness (QED) is 0.318. The first-order valence-corrected chi connectivity index (χ1v) is 15.1. The minimum Gasteiger partial charge on any atom is -0.497 e. The second-order valence-corrected chi connectivity index (χ2v) is 13.0. The molecule has 2 aromatic rings. The molecule has 5 atom stereocenters. The SMILES string of the molecule is C=CCN1C(=O)[C@]2(O[C@H](CC(=O)N3CCC[C@H]3CO)[C@@H](C(C)(C)c3ccc(OC)cc3)[C@@H]2C)c2cc(I)ccc21. The first kappa shape index (κ1) is 29.1. The van der Waals surface area contributed by atoms with Gasteiger partial charge in [-0.05, 0) is 76.7 Å². The lowest BCUT2D eigenvalue weighted by molar-refractivity contribution is -0.150. The lowest BCUT2D eigenvalue weighted by Crippen LogP contribution is -2.46. The highest BCUT2D eigenvalue weighted by Crippen LogP contribution is 2.60. The van der Waals surface area contributed by atoms with Crippen LogP contribution in [0.3, 0.4) is 0 Å². The van der Waals surface area contributed by atoms with E-state index in [-0.39, 0.29) is 42.7 Å². The van der Waals surface area contributed by atoms with Crippen molar-refractivity contribution >= 4 is 40.1 Å². The van der Waals surface area contributed by atoms with Crippen molar-refractivity contribution in [2.45, 2.75) is 63.2 Å². The molecule has 2 aromatic carbocycles. The summed E-state index contributed by atoms with van der Waals surface area (Å²) in [5.74, 6) is 0.263. The Kier molecular flexibility index (Phi) is 8.07. The van der Waals surface area contributed by atoms with E-state index >= 15 is 0 Å². The molecule has 0 aliphatic carbocycles. The van der Waals surface area contributed by atoms with E-state index in [0.29, 0.717) is 13.1 Å². The summed E-state index contributed by atoms with van der Waals surface area (Å²) in [4.78, 5) is 31.7. The van der Waals surface area contributed by atoms with Gasteiger partial charge in [-0.25, -0.2) is 0 Å². The fourth-order valence-electron chi connectivity index (χ4n) is 7.44. The number of benzene rings is 2. The summed E-state index contributed by atoms with van der Waals surface area (Å²) < 4.78 is 13.4. The van der Waals surface area contributed by atoms with Gasteiger partial charge in [0, 0.05) is 34.1 Å². The molecular weight excluding hydrogens is 619 g/mol. The monoisotopic (exact) mass is 658 g/mol. The number of fused-ring (bicyclic) bond motifs is 2. The molecule has 0 radical (unpaired) electrons. The van der Waals surface area contributed by atoms with Gasteiger partial charge in [-0.15, -0.1) is 6.58 Å².